The quantitative estimate of drug-likeness (QED) is 0.943. The van der Waals surface area contributed by atoms with E-state index in [1.54, 1.807) is 17.5 Å². The van der Waals surface area contributed by atoms with Gasteiger partial charge >= 0.3 is 0 Å². The minimum absolute atomic E-state index is 0.524. The fourth-order valence-electron chi connectivity index (χ4n) is 3.78. The van der Waals surface area contributed by atoms with Crippen LogP contribution in [0.2, 0.25) is 0 Å². The van der Waals surface area contributed by atoms with E-state index < -0.39 is 0 Å². The van der Waals surface area contributed by atoms with E-state index in [1.165, 1.54) is 32.1 Å². The van der Waals surface area contributed by atoms with Crippen molar-refractivity contribution in [2.45, 2.75) is 50.2 Å². The van der Waals surface area contributed by atoms with Crippen LogP contribution in [0.1, 0.15) is 32.1 Å². The van der Waals surface area contributed by atoms with E-state index in [4.69, 9.17) is 0 Å². The van der Waals surface area contributed by atoms with Crippen LogP contribution in [0, 0.1) is 0 Å². The fourth-order valence-corrected chi connectivity index (χ4v) is 4.58. The van der Waals surface area contributed by atoms with Crippen LogP contribution in [0.3, 0.4) is 0 Å². The molecule has 0 saturated carbocycles. The third kappa shape index (κ3) is 2.73. The van der Waals surface area contributed by atoms with Crippen LogP contribution >= 0.6 is 11.3 Å². The Balaban J connectivity index is 1.45. The highest BCUT2D eigenvalue weighted by atomic mass is 32.1. The first-order chi connectivity index (χ1) is 10.8. The van der Waals surface area contributed by atoms with Crippen LogP contribution in [-0.4, -0.2) is 45.3 Å². The van der Waals surface area contributed by atoms with E-state index in [0.717, 1.165) is 27.9 Å². The van der Waals surface area contributed by atoms with E-state index in [9.17, 15) is 0 Å². The Hall–Kier alpha value is -1.53. The SMILES string of the molecule is CN1[C@@H]2CCC[C@H]1CC(Nc1nnc(-c3ccccn3)s1)C2. The maximum atomic E-state index is 4.34. The molecule has 1 N–H and O–H groups in total. The van der Waals surface area contributed by atoms with Crippen molar-refractivity contribution < 1.29 is 0 Å². The molecule has 2 saturated heterocycles. The molecule has 0 spiro atoms. The summed E-state index contributed by atoms with van der Waals surface area (Å²) in [6.07, 6.45) is 8.27. The number of pyridine rings is 1. The Kier molecular flexibility index (Phi) is 3.80. The molecule has 2 fully saturated rings. The predicted octanol–water partition coefficient (Wildman–Crippen LogP) is 3.03. The highest BCUT2D eigenvalue weighted by Crippen LogP contribution is 2.34. The van der Waals surface area contributed by atoms with Crippen molar-refractivity contribution in [1.29, 1.82) is 0 Å². The number of nitrogens with one attached hydrogen (secondary N) is 1. The van der Waals surface area contributed by atoms with Crippen molar-refractivity contribution in [3.05, 3.63) is 24.4 Å². The Morgan fingerprint density at radius 3 is 2.73 bits per heavy atom. The molecule has 4 heterocycles. The summed E-state index contributed by atoms with van der Waals surface area (Å²) < 4.78 is 0. The molecular weight excluding hydrogens is 294 g/mol. The van der Waals surface area contributed by atoms with Gasteiger partial charge in [-0.15, -0.1) is 10.2 Å². The lowest BCUT2D eigenvalue weighted by molar-refractivity contribution is 0.0608. The van der Waals surface area contributed by atoms with Crippen LogP contribution in [0.25, 0.3) is 10.7 Å². The molecule has 2 bridgehead atoms. The van der Waals surface area contributed by atoms with Crippen LogP contribution < -0.4 is 5.32 Å². The predicted molar refractivity (Wildman–Crippen MR) is 89.0 cm³/mol. The Morgan fingerprint density at radius 1 is 1.18 bits per heavy atom. The first-order valence-electron chi connectivity index (χ1n) is 8.03. The van der Waals surface area contributed by atoms with Gasteiger partial charge in [-0.25, -0.2) is 0 Å². The van der Waals surface area contributed by atoms with Gasteiger partial charge in [-0.05, 0) is 44.9 Å². The average molecular weight is 315 g/mol. The maximum absolute atomic E-state index is 4.34. The zero-order chi connectivity index (χ0) is 14.9. The lowest BCUT2D eigenvalue weighted by Gasteiger charge is -2.47. The van der Waals surface area contributed by atoms with Crippen LogP contribution in [0.15, 0.2) is 24.4 Å². The van der Waals surface area contributed by atoms with Crippen molar-refractivity contribution in [2.24, 2.45) is 0 Å². The van der Waals surface area contributed by atoms with Crippen LogP contribution in [-0.2, 0) is 0 Å². The number of fused-ring (bicyclic) bond motifs is 2. The van der Waals surface area contributed by atoms with Crippen molar-refractivity contribution in [3.63, 3.8) is 0 Å². The molecule has 0 aliphatic carbocycles. The molecule has 3 atom stereocenters. The molecule has 6 heteroatoms. The van der Waals surface area contributed by atoms with Gasteiger partial charge in [-0.2, -0.15) is 0 Å². The van der Waals surface area contributed by atoms with E-state index in [-0.39, 0.29) is 0 Å². The van der Waals surface area contributed by atoms with Gasteiger partial charge in [0.1, 0.15) is 5.69 Å². The molecule has 5 nitrogen and oxygen atoms in total. The topological polar surface area (TPSA) is 53.9 Å². The lowest BCUT2D eigenvalue weighted by atomic mass is 9.82. The normalized spacial score (nSPS) is 28.5. The Bertz CT molecular complexity index is 614. The largest absolute Gasteiger partial charge is 0.357 e. The fraction of sp³-hybridized carbons (Fsp3) is 0.562. The summed E-state index contributed by atoms with van der Waals surface area (Å²) in [5.74, 6) is 0. The summed E-state index contributed by atoms with van der Waals surface area (Å²) in [6, 6.07) is 7.86. The number of piperidine rings is 2. The molecule has 22 heavy (non-hydrogen) atoms. The van der Waals surface area contributed by atoms with Gasteiger partial charge in [0.25, 0.3) is 0 Å². The van der Waals surface area contributed by atoms with Gasteiger partial charge in [0.05, 0.1) is 0 Å². The molecule has 0 aromatic carbocycles. The third-order valence-electron chi connectivity index (χ3n) is 4.98. The number of aromatic nitrogens is 3. The van der Waals surface area contributed by atoms with Gasteiger partial charge < -0.3 is 10.2 Å². The van der Waals surface area contributed by atoms with Crippen LogP contribution in [0.4, 0.5) is 5.13 Å². The first kappa shape index (κ1) is 14.1. The molecular formula is C16H21N5S. The number of hydrogen-bond acceptors (Lipinski definition) is 6. The monoisotopic (exact) mass is 315 g/mol. The van der Waals surface area contributed by atoms with E-state index in [2.05, 4.69) is 32.4 Å². The van der Waals surface area contributed by atoms with Crippen molar-refractivity contribution in [1.82, 2.24) is 20.1 Å². The second kappa shape index (κ2) is 5.93. The summed E-state index contributed by atoms with van der Waals surface area (Å²) >= 11 is 1.60. The standard InChI is InChI=1S/C16H21N5S/c1-21-12-5-4-6-13(21)10-11(9-12)18-16-20-19-15(22-16)14-7-2-3-8-17-14/h2-3,7-8,11-13H,4-6,9-10H2,1H3,(H,18,20)/t11?,12-,13+. The second-order valence-electron chi connectivity index (χ2n) is 6.34. The van der Waals surface area contributed by atoms with Gasteiger partial charge in [0.2, 0.25) is 5.13 Å². The number of anilines is 1. The molecule has 2 aliphatic heterocycles. The summed E-state index contributed by atoms with van der Waals surface area (Å²) in [7, 11) is 2.29. The van der Waals surface area contributed by atoms with Gasteiger partial charge in [0.15, 0.2) is 5.01 Å². The minimum atomic E-state index is 0.524. The first-order valence-corrected chi connectivity index (χ1v) is 8.84. The zero-order valence-electron chi connectivity index (χ0n) is 12.8. The summed E-state index contributed by atoms with van der Waals surface area (Å²) in [5, 5.41) is 14.0. The summed E-state index contributed by atoms with van der Waals surface area (Å²) in [6.45, 7) is 0. The molecule has 116 valence electrons. The van der Waals surface area contributed by atoms with Crippen molar-refractivity contribution in [2.75, 3.05) is 12.4 Å². The average Bonchev–Trinajstić information content (AvgIpc) is 2.98. The lowest BCUT2D eigenvalue weighted by Crippen LogP contribution is -2.52. The molecule has 2 aromatic rings. The van der Waals surface area contributed by atoms with Gasteiger partial charge in [0, 0.05) is 24.3 Å². The Labute approximate surface area is 134 Å². The summed E-state index contributed by atoms with van der Waals surface area (Å²) in [4.78, 5) is 6.92. The molecule has 0 radical (unpaired) electrons. The van der Waals surface area contributed by atoms with Gasteiger partial charge in [-0.1, -0.05) is 23.8 Å². The highest BCUT2D eigenvalue weighted by Gasteiger charge is 2.36. The molecule has 2 aromatic heterocycles. The number of nitrogens with zero attached hydrogens (tertiary/aromatic N) is 4. The smallest absolute Gasteiger partial charge is 0.206 e. The van der Waals surface area contributed by atoms with E-state index in [0.29, 0.717) is 6.04 Å². The third-order valence-corrected chi connectivity index (χ3v) is 5.85. The molecule has 4 rings (SSSR count). The highest BCUT2D eigenvalue weighted by molar-refractivity contribution is 7.18. The molecule has 2 aliphatic rings. The van der Waals surface area contributed by atoms with E-state index in [1.807, 2.05) is 18.2 Å². The maximum Gasteiger partial charge on any atom is 0.206 e. The minimum Gasteiger partial charge on any atom is -0.357 e. The van der Waals surface area contributed by atoms with Crippen molar-refractivity contribution in [3.8, 4) is 10.7 Å². The molecule has 1 unspecified atom stereocenters. The zero-order valence-corrected chi connectivity index (χ0v) is 13.6. The van der Waals surface area contributed by atoms with Crippen LogP contribution in [0.5, 0.6) is 0 Å². The van der Waals surface area contributed by atoms with Crippen molar-refractivity contribution >= 4 is 16.5 Å². The Morgan fingerprint density at radius 2 is 2.00 bits per heavy atom. The number of hydrogen-bond donors (Lipinski definition) is 1. The summed E-state index contributed by atoms with van der Waals surface area (Å²) in [5.41, 5.74) is 0.897. The van der Waals surface area contributed by atoms with Gasteiger partial charge in [-0.3, -0.25) is 4.98 Å². The second-order valence-corrected chi connectivity index (χ2v) is 7.32. The number of rotatable bonds is 3. The molecule has 0 amide bonds. The van der Waals surface area contributed by atoms with E-state index >= 15 is 0 Å².